The van der Waals surface area contributed by atoms with Crippen molar-refractivity contribution < 1.29 is 8.42 Å². The predicted octanol–water partition coefficient (Wildman–Crippen LogP) is 3.13. The number of nitrogens with one attached hydrogen (secondary N) is 1. The molecule has 0 spiro atoms. The van der Waals surface area contributed by atoms with Crippen LogP contribution in [0.5, 0.6) is 0 Å². The maximum atomic E-state index is 12.5. The molecule has 0 aliphatic heterocycles. The summed E-state index contributed by atoms with van der Waals surface area (Å²) in [4.78, 5) is 2.69. The van der Waals surface area contributed by atoms with Crippen molar-refractivity contribution in [2.75, 3.05) is 0 Å². The molecule has 0 radical (unpaired) electrons. The Morgan fingerprint density at radius 2 is 1.74 bits per heavy atom. The second-order valence-corrected chi connectivity index (χ2v) is 7.62. The van der Waals surface area contributed by atoms with Crippen LogP contribution >= 0.6 is 0 Å². The minimum absolute atomic E-state index is 0.290. The third-order valence-electron chi connectivity index (χ3n) is 4.15. The van der Waals surface area contributed by atoms with Crippen LogP contribution < -0.4 is 4.83 Å². The number of aryl methyl sites for hydroxylation is 3. The number of hydrogen-bond acceptors (Lipinski definition) is 3. The highest BCUT2D eigenvalue weighted by Crippen LogP contribution is 2.20. The average molecular weight is 328 g/mol. The van der Waals surface area contributed by atoms with E-state index in [2.05, 4.69) is 22.1 Å². The summed E-state index contributed by atoms with van der Waals surface area (Å²) in [7, 11) is -3.63. The summed E-state index contributed by atoms with van der Waals surface area (Å²) in [6, 6.07) is 13.6. The first-order valence-corrected chi connectivity index (χ1v) is 9.15. The molecule has 0 aromatic heterocycles. The van der Waals surface area contributed by atoms with Crippen molar-refractivity contribution >= 4 is 15.7 Å². The van der Waals surface area contributed by atoms with Gasteiger partial charge in [-0.15, -0.1) is 0 Å². The fourth-order valence-corrected chi connectivity index (χ4v) is 4.01. The Labute approximate surface area is 137 Å². The second kappa shape index (κ2) is 6.16. The maximum Gasteiger partial charge on any atom is 0.276 e. The Kier molecular flexibility index (Phi) is 4.22. The number of rotatable bonds is 3. The van der Waals surface area contributed by atoms with Crippen molar-refractivity contribution in [3.8, 4) is 0 Å². The summed E-state index contributed by atoms with van der Waals surface area (Å²) >= 11 is 0. The van der Waals surface area contributed by atoms with E-state index in [9.17, 15) is 8.42 Å². The molecule has 1 aliphatic rings. The molecule has 120 valence electrons. The molecule has 1 N–H and O–H groups in total. The molecule has 0 atom stereocenters. The van der Waals surface area contributed by atoms with E-state index in [0.717, 1.165) is 29.7 Å². The summed E-state index contributed by atoms with van der Waals surface area (Å²) in [5.74, 6) is 0. The van der Waals surface area contributed by atoms with Crippen molar-refractivity contribution in [1.82, 2.24) is 4.83 Å². The van der Waals surface area contributed by atoms with E-state index in [4.69, 9.17) is 0 Å². The SMILES string of the molecule is Cc1ccc(C)c(S(=O)(=O)N/N=C2\CCc3ccccc3C2)c1. The molecular formula is C18H20N2O2S. The lowest BCUT2D eigenvalue weighted by molar-refractivity contribution is 0.583. The number of fused-ring (bicyclic) bond motifs is 1. The minimum Gasteiger partial charge on any atom is -0.200 e. The maximum absolute atomic E-state index is 12.5. The van der Waals surface area contributed by atoms with Gasteiger partial charge >= 0.3 is 0 Å². The lowest BCUT2D eigenvalue weighted by atomic mass is 9.90. The number of hydrogen-bond donors (Lipinski definition) is 1. The third-order valence-corrected chi connectivity index (χ3v) is 5.50. The molecule has 0 amide bonds. The lowest BCUT2D eigenvalue weighted by Crippen LogP contribution is -2.23. The van der Waals surface area contributed by atoms with Crippen LogP contribution in [0.1, 0.15) is 28.7 Å². The largest absolute Gasteiger partial charge is 0.276 e. The van der Waals surface area contributed by atoms with Crippen molar-refractivity contribution in [1.29, 1.82) is 0 Å². The summed E-state index contributed by atoms with van der Waals surface area (Å²) in [5.41, 5.74) is 5.05. The molecular weight excluding hydrogens is 308 g/mol. The average Bonchev–Trinajstić information content (AvgIpc) is 2.55. The van der Waals surface area contributed by atoms with E-state index in [1.165, 1.54) is 11.1 Å². The van der Waals surface area contributed by atoms with Crippen molar-refractivity contribution in [2.45, 2.75) is 38.0 Å². The van der Waals surface area contributed by atoms with Gasteiger partial charge in [-0.2, -0.15) is 13.5 Å². The molecule has 0 saturated heterocycles. The second-order valence-electron chi connectivity index (χ2n) is 5.99. The quantitative estimate of drug-likeness (QED) is 0.880. The standard InChI is InChI=1S/C18H20N2O2S/c1-13-7-8-14(2)18(11-13)23(21,22)20-19-17-10-9-15-5-3-4-6-16(15)12-17/h3-8,11,20H,9-10,12H2,1-2H3/b19-17+. The van der Waals surface area contributed by atoms with Gasteiger partial charge in [0.1, 0.15) is 0 Å². The highest BCUT2D eigenvalue weighted by Gasteiger charge is 2.18. The van der Waals surface area contributed by atoms with Gasteiger partial charge in [-0.1, -0.05) is 36.4 Å². The number of sulfonamides is 1. The summed E-state index contributed by atoms with van der Waals surface area (Å²) < 4.78 is 25.0. The summed E-state index contributed by atoms with van der Waals surface area (Å²) in [6.45, 7) is 3.67. The third kappa shape index (κ3) is 3.45. The first kappa shape index (κ1) is 15.7. The van der Waals surface area contributed by atoms with Crippen LogP contribution in [0.4, 0.5) is 0 Å². The van der Waals surface area contributed by atoms with Crippen molar-refractivity contribution in [3.63, 3.8) is 0 Å². The van der Waals surface area contributed by atoms with Crippen molar-refractivity contribution in [2.24, 2.45) is 5.10 Å². The van der Waals surface area contributed by atoms with Gasteiger partial charge in [-0.25, -0.2) is 4.83 Å². The summed E-state index contributed by atoms with van der Waals surface area (Å²) in [5, 5.41) is 4.18. The predicted molar refractivity (Wildman–Crippen MR) is 92.1 cm³/mol. The Bertz CT molecular complexity index is 870. The molecule has 4 nitrogen and oxygen atoms in total. The molecule has 1 aliphatic carbocycles. The molecule has 23 heavy (non-hydrogen) atoms. The smallest absolute Gasteiger partial charge is 0.200 e. The Morgan fingerprint density at radius 1 is 1.00 bits per heavy atom. The van der Waals surface area contributed by atoms with Crippen LogP contribution in [0.3, 0.4) is 0 Å². The molecule has 2 aromatic rings. The van der Waals surface area contributed by atoms with Crippen LogP contribution in [-0.2, 0) is 22.9 Å². The highest BCUT2D eigenvalue weighted by atomic mass is 32.2. The van der Waals surface area contributed by atoms with Gasteiger partial charge in [-0.05, 0) is 55.0 Å². The zero-order valence-corrected chi connectivity index (χ0v) is 14.2. The molecule has 0 unspecified atom stereocenters. The molecule has 0 fully saturated rings. The molecule has 0 saturated carbocycles. The van der Waals surface area contributed by atoms with Gasteiger partial charge in [-0.3, -0.25) is 0 Å². The lowest BCUT2D eigenvalue weighted by Gasteiger charge is -2.17. The molecule has 0 heterocycles. The van der Waals surface area contributed by atoms with E-state index >= 15 is 0 Å². The highest BCUT2D eigenvalue weighted by molar-refractivity contribution is 7.89. The van der Waals surface area contributed by atoms with Gasteiger partial charge in [0, 0.05) is 12.1 Å². The molecule has 2 aromatic carbocycles. The van der Waals surface area contributed by atoms with E-state index in [0.29, 0.717) is 6.42 Å². The van der Waals surface area contributed by atoms with E-state index in [1.807, 2.05) is 31.2 Å². The fraction of sp³-hybridized carbons (Fsp3) is 0.278. The topological polar surface area (TPSA) is 58.5 Å². The van der Waals surface area contributed by atoms with Gasteiger partial charge in [0.15, 0.2) is 0 Å². The van der Waals surface area contributed by atoms with Crippen LogP contribution in [0.2, 0.25) is 0 Å². The summed E-state index contributed by atoms with van der Waals surface area (Å²) in [6.07, 6.45) is 2.39. The van der Waals surface area contributed by atoms with Crippen LogP contribution in [-0.4, -0.2) is 14.1 Å². The first-order valence-electron chi connectivity index (χ1n) is 7.67. The zero-order valence-electron chi connectivity index (χ0n) is 13.3. The zero-order chi connectivity index (χ0) is 16.4. The van der Waals surface area contributed by atoms with E-state index < -0.39 is 10.0 Å². The number of nitrogens with zero attached hydrogens (tertiary/aromatic N) is 1. The Hall–Kier alpha value is -2.14. The van der Waals surface area contributed by atoms with Gasteiger partial charge in [0.2, 0.25) is 0 Å². The van der Waals surface area contributed by atoms with Crippen LogP contribution in [0.15, 0.2) is 52.5 Å². The fourth-order valence-electron chi connectivity index (χ4n) is 2.83. The van der Waals surface area contributed by atoms with Gasteiger partial charge in [0.05, 0.1) is 4.90 Å². The molecule has 0 bridgehead atoms. The van der Waals surface area contributed by atoms with E-state index in [1.54, 1.807) is 13.0 Å². The number of hydrazone groups is 1. The minimum atomic E-state index is -3.63. The van der Waals surface area contributed by atoms with E-state index in [-0.39, 0.29) is 4.90 Å². The monoisotopic (exact) mass is 328 g/mol. The molecule has 5 heteroatoms. The van der Waals surface area contributed by atoms with Crippen molar-refractivity contribution in [3.05, 3.63) is 64.7 Å². The molecule has 3 rings (SSSR count). The van der Waals surface area contributed by atoms with Gasteiger partial charge in [0.25, 0.3) is 10.0 Å². The Balaban J connectivity index is 1.81. The van der Waals surface area contributed by atoms with Gasteiger partial charge < -0.3 is 0 Å². The first-order chi connectivity index (χ1) is 11.0. The van der Waals surface area contributed by atoms with Crippen LogP contribution in [0, 0.1) is 13.8 Å². The van der Waals surface area contributed by atoms with Crippen LogP contribution in [0.25, 0.3) is 0 Å². The Morgan fingerprint density at radius 3 is 2.52 bits per heavy atom. The normalized spacial score (nSPS) is 16.2. The number of benzene rings is 2.